The summed E-state index contributed by atoms with van der Waals surface area (Å²) >= 11 is 3.35. The van der Waals surface area contributed by atoms with Gasteiger partial charge in [-0.15, -0.1) is 0 Å². The van der Waals surface area contributed by atoms with Crippen molar-refractivity contribution >= 4 is 39.2 Å². The summed E-state index contributed by atoms with van der Waals surface area (Å²) in [7, 11) is 0. The molecule has 1 atom stereocenters. The van der Waals surface area contributed by atoms with Crippen molar-refractivity contribution in [2.45, 2.75) is 13.0 Å². The molecule has 1 aliphatic heterocycles. The molecule has 7 nitrogen and oxygen atoms in total. The van der Waals surface area contributed by atoms with Gasteiger partial charge >= 0.3 is 5.91 Å². The van der Waals surface area contributed by atoms with Gasteiger partial charge in [0, 0.05) is 16.1 Å². The monoisotopic (exact) mass is 494 g/mol. The number of carbonyl (C=O) groups excluding carboxylic acids is 2. The zero-order valence-electron chi connectivity index (χ0n) is 17.1. The Morgan fingerprint density at radius 1 is 1.22 bits per heavy atom. The van der Waals surface area contributed by atoms with Crippen LogP contribution in [0.25, 0.3) is 5.76 Å². The number of hydrogen-bond donors (Lipinski definition) is 1. The van der Waals surface area contributed by atoms with Crippen molar-refractivity contribution in [1.29, 1.82) is 0 Å². The molecule has 0 unspecified atom stereocenters. The summed E-state index contributed by atoms with van der Waals surface area (Å²) in [6, 6.07) is 14.4. The number of aryl methyl sites for hydroxylation is 1. The van der Waals surface area contributed by atoms with Crippen LogP contribution in [-0.2, 0) is 9.59 Å². The van der Waals surface area contributed by atoms with Crippen LogP contribution < -0.4 is 9.64 Å². The van der Waals surface area contributed by atoms with E-state index in [1.165, 1.54) is 4.90 Å². The van der Waals surface area contributed by atoms with Gasteiger partial charge in [-0.2, -0.15) is 0 Å². The molecule has 0 saturated carbocycles. The van der Waals surface area contributed by atoms with Gasteiger partial charge in [-0.05, 0) is 36.8 Å². The fourth-order valence-corrected chi connectivity index (χ4v) is 3.78. The Balaban J connectivity index is 1.86. The second-order valence-electron chi connectivity index (χ2n) is 7.14. The maximum atomic E-state index is 13.1. The first-order valence-corrected chi connectivity index (χ1v) is 10.5. The molecule has 1 amide bonds. The second-order valence-corrected chi connectivity index (χ2v) is 8.06. The minimum absolute atomic E-state index is 0.0299. The van der Waals surface area contributed by atoms with E-state index >= 15 is 0 Å². The number of anilines is 1. The van der Waals surface area contributed by atoms with E-state index in [1.54, 1.807) is 67.6 Å². The number of rotatable bonds is 6. The largest absolute Gasteiger partial charge is 0.507 e. The van der Waals surface area contributed by atoms with Gasteiger partial charge in [0.2, 0.25) is 0 Å². The Labute approximate surface area is 192 Å². The lowest BCUT2D eigenvalue weighted by Gasteiger charge is -2.23. The van der Waals surface area contributed by atoms with E-state index in [1.807, 2.05) is 0 Å². The zero-order chi connectivity index (χ0) is 22.8. The highest BCUT2D eigenvalue weighted by molar-refractivity contribution is 9.10. The third kappa shape index (κ3) is 3.97. The number of halogens is 1. The molecule has 8 heteroatoms. The highest BCUT2D eigenvalue weighted by Crippen LogP contribution is 2.42. The lowest BCUT2D eigenvalue weighted by Crippen LogP contribution is -2.29. The number of aromatic nitrogens is 1. The predicted octanol–water partition coefficient (Wildman–Crippen LogP) is 4.94. The molecule has 1 N–H and O–H groups in total. The first kappa shape index (κ1) is 21.6. The Bertz CT molecular complexity index is 1210. The predicted molar refractivity (Wildman–Crippen MR) is 122 cm³/mol. The fraction of sp³-hybridized carbons (Fsp3) is 0.125. The average molecular weight is 495 g/mol. The minimum atomic E-state index is -0.892. The quantitative estimate of drug-likeness (QED) is 0.226. The van der Waals surface area contributed by atoms with Crippen molar-refractivity contribution in [3.05, 3.63) is 94.2 Å². The lowest BCUT2D eigenvalue weighted by molar-refractivity contribution is -0.132. The first-order valence-electron chi connectivity index (χ1n) is 9.74. The van der Waals surface area contributed by atoms with Gasteiger partial charge in [0.1, 0.15) is 23.9 Å². The maximum absolute atomic E-state index is 13.1. The van der Waals surface area contributed by atoms with Crippen LogP contribution in [0, 0.1) is 6.92 Å². The van der Waals surface area contributed by atoms with Crippen LogP contribution in [0.1, 0.15) is 22.9 Å². The van der Waals surface area contributed by atoms with Crippen LogP contribution in [-0.4, -0.2) is 28.6 Å². The summed E-state index contributed by atoms with van der Waals surface area (Å²) in [5, 5.41) is 15.0. The van der Waals surface area contributed by atoms with E-state index < -0.39 is 17.7 Å². The Morgan fingerprint density at radius 3 is 2.50 bits per heavy atom. The molecule has 0 bridgehead atoms. The molecular weight excluding hydrogens is 476 g/mol. The van der Waals surface area contributed by atoms with Crippen LogP contribution in [0.5, 0.6) is 5.75 Å². The molecule has 2 aromatic carbocycles. The lowest BCUT2D eigenvalue weighted by atomic mass is 9.95. The summed E-state index contributed by atoms with van der Waals surface area (Å²) in [6.07, 6.45) is 1.63. The summed E-state index contributed by atoms with van der Waals surface area (Å²) in [4.78, 5) is 27.3. The zero-order valence-corrected chi connectivity index (χ0v) is 18.7. The van der Waals surface area contributed by atoms with Crippen molar-refractivity contribution < 1.29 is 24.0 Å². The van der Waals surface area contributed by atoms with Crippen molar-refractivity contribution in [3.8, 4) is 5.75 Å². The normalized spacial score (nSPS) is 17.6. The number of benzene rings is 2. The van der Waals surface area contributed by atoms with Gasteiger partial charge in [-0.3, -0.25) is 14.5 Å². The van der Waals surface area contributed by atoms with E-state index in [9.17, 15) is 14.7 Å². The topological polar surface area (TPSA) is 92.9 Å². The molecule has 162 valence electrons. The number of carbonyl (C=O) groups is 2. The summed E-state index contributed by atoms with van der Waals surface area (Å²) < 4.78 is 11.5. The SMILES string of the molecule is C=CCOc1ccc([C@H]2/C(=C(\O)c3ccc(Br)cc3)C(=O)C(=O)N2c2cc(C)on2)cc1. The number of aliphatic hydroxyl groups excluding tert-OH is 1. The van der Waals surface area contributed by atoms with E-state index in [4.69, 9.17) is 9.26 Å². The number of hydrogen-bond acceptors (Lipinski definition) is 6. The molecule has 32 heavy (non-hydrogen) atoms. The molecule has 0 aliphatic carbocycles. The van der Waals surface area contributed by atoms with Crippen LogP contribution in [0.15, 0.2) is 81.8 Å². The van der Waals surface area contributed by atoms with Gasteiger partial charge in [0.25, 0.3) is 5.78 Å². The van der Waals surface area contributed by atoms with Crippen molar-refractivity contribution in [2.24, 2.45) is 0 Å². The van der Waals surface area contributed by atoms with Crippen molar-refractivity contribution in [1.82, 2.24) is 5.16 Å². The van der Waals surface area contributed by atoms with E-state index in [2.05, 4.69) is 27.7 Å². The molecule has 4 rings (SSSR count). The van der Waals surface area contributed by atoms with E-state index in [-0.39, 0.29) is 17.2 Å². The summed E-state index contributed by atoms with van der Waals surface area (Å²) in [6.45, 7) is 5.66. The smallest absolute Gasteiger partial charge is 0.301 e. The van der Waals surface area contributed by atoms with Crippen molar-refractivity contribution in [2.75, 3.05) is 11.5 Å². The highest BCUT2D eigenvalue weighted by Gasteiger charge is 2.48. The number of ether oxygens (including phenoxy) is 1. The first-order chi connectivity index (χ1) is 15.4. The molecular formula is C24H19BrN2O5. The van der Waals surface area contributed by atoms with Gasteiger partial charge < -0.3 is 14.4 Å². The van der Waals surface area contributed by atoms with Gasteiger partial charge in [0.05, 0.1) is 11.6 Å². The number of Topliss-reactive ketones (excluding diaryl/α,β-unsaturated/α-hetero) is 1. The van der Waals surface area contributed by atoms with Crippen LogP contribution in [0.3, 0.4) is 0 Å². The molecule has 0 radical (unpaired) electrons. The fourth-order valence-electron chi connectivity index (χ4n) is 3.52. The number of ketones is 1. The molecule has 1 saturated heterocycles. The maximum Gasteiger partial charge on any atom is 0.301 e. The number of aliphatic hydroxyl groups is 1. The summed E-state index contributed by atoms with van der Waals surface area (Å²) in [5.74, 6) is -0.582. The molecule has 1 fully saturated rings. The van der Waals surface area contributed by atoms with Crippen LogP contribution in [0.2, 0.25) is 0 Å². The Morgan fingerprint density at radius 2 is 1.91 bits per heavy atom. The summed E-state index contributed by atoms with van der Waals surface area (Å²) in [5.41, 5.74) is 0.991. The third-order valence-corrected chi connectivity index (χ3v) is 5.52. The van der Waals surface area contributed by atoms with Crippen LogP contribution >= 0.6 is 15.9 Å². The number of amides is 1. The standard InChI is InChI=1S/C24H19BrN2O5/c1-3-12-31-18-10-6-15(7-11-18)21-20(22(28)16-4-8-17(25)9-5-16)23(29)24(30)27(21)19-13-14(2)32-26-19/h3-11,13,21,28H,1,12H2,2H3/b22-20+/t21-/m0/s1. The van der Waals surface area contributed by atoms with E-state index in [0.29, 0.717) is 29.2 Å². The molecule has 0 spiro atoms. The van der Waals surface area contributed by atoms with Gasteiger partial charge in [-0.1, -0.05) is 58.0 Å². The van der Waals surface area contributed by atoms with Gasteiger partial charge in [-0.25, -0.2) is 0 Å². The van der Waals surface area contributed by atoms with Crippen LogP contribution in [0.4, 0.5) is 5.82 Å². The molecule has 1 aliphatic rings. The van der Waals surface area contributed by atoms with Gasteiger partial charge in [0.15, 0.2) is 5.82 Å². The Hall–Kier alpha value is -3.65. The number of nitrogens with zero attached hydrogens (tertiary/aromatic N) is 2. The Kier molecular flexibility index (Phi) is 5.96. The molecule has 2 heterocycles. The molecule has 1 aromatic heterocycles. The molecule has 3 aromatic rings. The average Bonchev–Trinajstić information content (AvgIpc) is 3.33. The highest BCUT2D eigenvalue weighted by atomic mass is 79.9. The second kappa shape index (κ2) is 8.84. The van der Waals surface area contributed by atoms with Crippen molar-refractivity contribution in [3.63, 3.8) is 0 Å². The van der Waals surface area contributed by atoms with E-state index in [0.717, 1.165) is 4.47 Å². The minimum Gasteiger partial charge on any atom is -0.507 e. The third-order valence-electron chi connectivity index (χ3n) is 4.99.